The molecule has 1 aromatic rings. The Kier molecular flexibility index (Phi) is 7.29. The van der Waals surface area contributed by atoms with E-state index in [-0.39, 0.29) is 18.2 Å². The standard InChI is InChI=1S/C16H23NO4/c1-12(10-16(19)20)11-17-15(18)8-5-9-21-14-7-4-3-6-13(14)2/h3-4,6-7,12H,5,8-11H2,1-2H3,(H,17,18)(H,19,20). The van der Waals surface area contributed by atoms with Crippen molar-refractivity contribution in [2.75, 3.05) is 13.2 Å². The minimum Gasteiger partial charge on any atom is -0.493 e. The first-order chi connectivity index (χ1) is 9.99. The Hall–Kier alpha value is -2.04. The summed E-state index contributed by atoms with van der Waals surface area (Å²) < 4.78 is 5.61. The Bertz CT molecular complexity index is 473. The predicted octanol–water partition coefficient (Wildman–Crippen LogP) is 2.38. The van der Waals surface area contributed by atoms with Crippen LogP contribution < -0.4 is 10.1 Å². The highest BCUT2D eigenvalue weighted by atomic mass is 16.5. The third-order valence-electron chi connectivity index (χ3n) is 3.07. The largest absolute Gasteiger partial charge is 0.493 e. The Morgan fingerprint density at radius 2 is 2.05 bits per heavy atom. The van der Waals surface area contributed by atoms with Gasteiger partial charge in [0, 0.05) is 19.4 Å². The van der Waals surface area contributed by atoms with Gasteiger partial charge in [-0.25, -0.2) is 0 Å². The van der Waals surface area contributed by atoms with Crippen LogP contribution in [0.15, 0.2) is 24.3 Å². The SMILES string of the molecule is Cc1ccccc1OCCCC(=O)NCC(C)CC(=O)O. The van der Waals surface area contributed by atoms with E-state index in [9.17, 15) is 9.59 Å². The van der Waals surface area contributed by atoms with Crippen molar-refractivity contribution in [3.05, 3.63) is 29.8 Å². The van der Waals surface area contributed by atoms with Gasteiger partial charge in [-0.3, -0.25) is 9.59 Å². The number of carbonyl (C=O) groups excluding carboxylic acids is 1. The first kappa shape index (κ1) is 17.0. The minimum absolute atomic E-state index is 0.0605. The molecule has 0 aliphatic carbocycles. The quantitative estimate of drug-likeness (QED) is 0.685. The average molecular weight is 293 g/mol. The van der Waals surface area contributed by atoms with E-state index in [0.717, 1.165) is 11.3 Å². The third-order valence-corrected chi connectivity index (χ3v) is 3.07. The van der Waals surface area contributed by atoms with Crippen molar-refractivity contribution in [2.45, 2.75) is 33.1 Å². The van der Waals surface area contributed by atoms with Crippen LogP contribution in [0.3, 0.4) is 0 Å². The molecule has 0 bridgehead atoms. The van der Waals surface area contributed by atoms with Crippen LogP contribution in [0.2, 0.25) is 0 Å². The van der Waals surface area contributed by atoms with E-state index >= 15 is 0 Å². The van der Waals surface area contributed by atoms with Gasteiger partial charge < -0.3 is 15.2 Å². The summed E-state index contributed by atoms with van der Waals surface area (Å²) in [4.78, 5) is 22.1. The number of amides is 1. The van der Waals surface area contributed by atoms with E-state index < -0.39 is 5.97 Å². The van der Waals surface area contributed by atoms with Crippen molar-refractivity contribution in [1.82, 2.24) is 5.32 Å². The first-order valence-electron chi connectivity index (χ1n) is 7.16. The number of benzene rings is 1. The molecule has 21 heavy (non-hydrogen) atoms. The maximum absolute atomic E-state index is 11.6. The summed E-state index contributed by atoms with van der Waals surface area (Å²) in [5, 5.41) is 11.4. The van der Waals surface area contributed by atoms with Gasteiger partial charge >= 0.3 is 5.97 Å². The van der Waals surface area contributed by atoms with Gasteiger partial charge in [-0.2, -0.15) is 0 Å². The van der Waals surface area contributed by atoms with Crippen LogP contribution in [0.1, 0.15) is 31.7 Å². The molecule has 1 aromatic carbocycles. The second-order valence-corrected chi connectivity index (χ2v) is 5.22. The van der Waals surface area contributed by atoms with Crippen LogP contribution in [0.5, 0.6) is 5.75 Å². The lowest BCUT2D eigenvalue weighted by Crippen LogP contribution is -2.29. The Morgan fingerprint density at radius 1 is 1.33 bits per heavy atom. The predicted molar refractivity (Wildman–Crippen MR) is 80.3 cm³/mol. The summed E-state index contributed by atoms with van der Waals surface area (Å²) in [6, 6.07) is 7.75. The molecule has 0 aromatic heterocycles. The fourth-order valence-electron chi connectivity index (χ4n) is 1.88. The van der Waals surface area contributed by atoms with Crippen molar-refractivity contribution in [1.29, 1.82) is 0 Å². The number of aliphatic carboxylic acids is 1. The second-order valence-electron chi connectivity index (χ2n) is 5.22. The van der Waals surface area contributed by atoms with Crippen molar-refractivity contribution >= 4 is 11.9 Å². The lowest BCUT2D eigenvalue weighted by atomic mass is 10.1. The zero-order valence-corrected chi connectivity index (χ0v) is 12.6. The molecule has 1 amide bonds. The number of carboxylic acids is 1. The molecule has 2 N–H and O–H groups in total. The number of aryl methyl sites for hydroxylation is 1. The summed E-state index contributed by atoms with van der Waals surface area (Å²) in [7, 11) is 0. The van der Waals surface area contributed by atoms with Crippen molar-refractivity contribution < 1.29 is 19.4 Å². The average Bonchev–Trinajstić information content (AvgIpc) is 2.42. The lowest BCUT2D eigenvalue weighted by molar-refractivity contribution is -0.138. The van der Waals surface area contributed by atoms with Gasteiger partial charge in [-0.05, 0) is 30.9 Å². The van der Waals surface area contributed by atoms with Gasteiger partial charge in [-0.1, -0.05) is 25.1 Å². The monoisotopic (exact) mass is 293 g/mol. The normalized spacial score (nSPS) is 11.7. The van der Waals surface area contributed by atoms with Gasteiger partial charge in [0.25, 0.3) is 0 Å². The summed E-state index contributed by atoms with van der Waals surface area (Å²) in [5.74, 6) is -0.133. The molecule has 1 rings (SSSR count). The number of hydrogen-bond acceptors (Lipinski definition) is 3. The van der Waals surface area contributed by atoms with Crippen molar-refractivity contribution in [3.8, 4) is 5.75 Å². The van der Waals surface area contributed by atoms with Gasteiger partial charge in [0.2, 0.25) is 5.91 Å². The summed E-state index contributed by atoms with van der Waals surface area (Å²) in [6.45, 7) is 4.66. The molecule has 5 heteroatoms. The summed E-state index contributed by atoms with van der Waals surface area (Å²) in [5.41, 5.74) is 1.07. The third kappa shape index (κ3) is 7.34. The van der Waals surface area contributed by atoms with E-state index in [1.54, 1.807) is 6.92 Å². The number of carbonyl (C=O) groups is 2. The molecule has 0 spiro atoms. The molecule has 1 unspecified atom stereocenters. The Labute approximate surface area is 125 Å². The fraction of sp³-hybridized carbons (Fsp3) is 0.500. The van der Waals surface area contributed by atoms with E-state index in [4.69, 9.17) is 9.84 Å². The zero-order valence-electron chi connectivity index (χ0n) is 12.6. The topological polar surface area (TPSA) is 75.6 Å². The summed E-state index contributed by atoms with van der Waals surface area (Å²) >= 11 is 0. The first-order valence-corrected chi connectivity index (χ1v) is 7.16. The molecule has 0 saturated carbocycles. The number of rotatable bonds is 9. The van der Waals surface area contributed by atoms with Crippen LogP contribution in [-0.4, -0.2) is 30.1 Å². The maximum Gasteiger partial charge on any atom is 0.303 e. The van der Waals surface area contributed by atoms with E-state index in [0.29, 0.717) is 26.0 Å². The minimum atomic E-state index is -0.844. The van der Waals surface area contributed by atoms with Gasteiger partial charge in [0.1, 0.15) is 5.75 Å². The Balaban J connectivity index is 2.14. The van der Waals surface area contributed by atoms with Gasteiger partial charge in [-0.15, -0.1) is 0 Å². The molecule has 5 nitrogen and oxygen atoms in total. The molecule has 0 fully saturated rings. The second kappa shape index (κ2) is 9.00. The molecule has 0 heterocycles. The number of ether oxygens (including phenoxy) is 1. The molecular weight excluding hydrogens is 270 g/mol. The molecule has 0 radical (unpaired) electrons. The molecule has 1 atom stereocenters. The maximum atomic E-state index is 11.6. The van der Waals surface area contributed by atoms with Crippen molar-refractivity contribution in [3.63, 3.8) is 0 Å². The highest BCUT2D eigenvalue weighted by molar-refractivity contribution is 5.75. The molecule has 116 valence electrons. The Morgan fingerprint density at radius 3 is 2.71 bits per heavy atom. The number of carboxylic acid groups (broad SMARTS) is 1. The molecule has 0 saturated heterocycles. The number of hydrogen-bond donors (Lipinski definition) is 2. The van der Waals surface area contributed by atoms with E-state index in [1.807, 2.05) is 31.2 Å². The summed E-state index contributed by atoms with van der Waals surface area (Å²) in [6.07, 6.45) is 1.08. The van der Waals surface area contributed by atoms with Crippen LogP contribution in [-0.2, 0) is 9.59 Å². The highest BCUT2D eigenvalue weighted by Gasteiger charge is 2.09. The van der Waals surface area contributed by atoms with Crippen LogP contribution >= 0.6 is 0 Å². The molecule has 0 aliphatic heterocycles. The number of para-hydroxylation sites is 1. The lowest BCUT2D eigenvalue weighted by Gasteiger charge is -2.11. The smallest absolute Gasteiger partial charge is 0.303 e. The molecule has 0 aliphatic rings. The van der Waals surface area contributed by atoms with E-state index in [2.05, 4.69) is 5.32 Å². The zero-order chi connectivity index (χ0) is 15.7. The van der Waals surface area contributed by atoms with Crippen LogP contribution in [0.4, 0.5) is 0 Å². The van der Waals surface area contributed by atoms with Crippen LogP contribution in [0.25, 0.3) is 0 Å². The molecular formula is C16H23NO4. The van der Waals surface area contributed by atoms with Crippen molar-refractivity contribution in [2.24, 2.45) is 5.92 Å². The van der Waals surface area contributed by atoms with Gasteiger partial charge in [0.05, 0.1) is 6.61 Å². The fourth-order valence-corrected chi connectivity index (χ4v) is 1.88. The van der Waals surface area contributed by atoms with Crippen LogP contribution in [0, 0.1) is 12.8 Å². The van der Waals surface area contributed by atoms with E-state index in [1.165, 1.54) is 0 Å². The highest BCUT2D eigenvalue weighted by Crippen LogP contribution is 2.16. The number of nitrogens with one attached hydrogen (secondary N) is 1. The van der Waals surface area contributed by atoms with Gasteiger partial charge in [0.15, 0.2) is 0 Å².